The van der Waals surface area contributed by atoms with Crippen molar-refractivity contribution in [3.05, 3.63) is 88.5 Å². The van der Waals surface area contributed by atoms with Gasteiger partial charge in [0.2, 0.25) is 0 Å². The average Bonchev–Trinajstić information content (AvgIpc) is 2.75. The van der Waals surface area contributed by atoms with Crippen molar-refractivity contribution in [2.75, 3.05) is 11.3 Å². The van der Waals surface area contributed by atoms with Gasteiger partial charge in [-0.25, -0.2) is 8.42 Å². The largest absolute Gasteiger partial charge is 0.494 e. The molecule has 0 spiro atoms. The number of sulfonamides is 1. The van der Waals surface area contributed by atoms with Crippen molar-refractivity contribution < 1.29 is 17.9 Å². The molecule has 0 atom stereocenters. The second-order valence-corrected chi connectivity index (χ2v) is 9.32. The van der Waals surface area contributed by atoms with Gasteiger partial charge in [-0.05, 0) is 74.7 Å². The molecule has 0 aliphatic heterocycles. The first-order chi connectivity index (χ1) is 15.2. The van der Waals surface area contributed by atoms with Crippen LogP contribution >= 0.6 is 0 Å². The Kier molecular flexibility index (Phi) is 7.20. The number of ether oxygens (including phenoxy) is 1. The van der Waals surface area contributed by atoms with Gasteiger partial charge in [-0.15, -0.1) is 0 Å². The van der Waals surface area contributed by atoms with Crippen molar-refractivity contribution in [2.24, 2.45) is 0 Å². The van der Waals surface area contributed by atoms with Crippen molar-refractivity contribution in [3.63, 3.8) is 0 Å². The first-order valence-corrected chi connectivity index (χ1v) is 11.9. The lowest BCUT2D eigenvalue weighted by atomic mass is 10.1. The van der Waals surface area contributed by atoms with Crippen molar-refractivity contribution in [1.82, 2.24) is 5.32 Å². The van der Waals surface area contributed by atoms with E-state index >= 15 is 0 Å². The normalized spacial score (nSPS) is 11.1. The van der Waals surface area contributed by atoms with Gasteiger partial charge in [0.15, 0.2) is 0 Å². The van der Waals surface area contributed by atoms with E-state index in [0.29, 0.717) is 24.4 Å². The molecule has 168 valence electrons. The Balaban J connectivity index is 1.78. The van der Waals surface area contributed by atoms with Gasteiger partial charge in [0.05, 0.1) is 17.2 Å². The number of aryl methyl sites for hydroxylation is 3. The molecule has 1 amide bonds. The van der Waals surface area contributed by atoms with Gasteiger partial charge < -0.3 is 10.1 Å². The molecule has 3 aromatic carbocycles. The minimum atomic E-state index is -3.86. The molecule has 2 N–H and O–H groups in total. The molecule has 7 heteroatoms. The lowest BCUT2D eigenvalue weighted by Gasteiger charge is -2.14. The fourth-order valence-corrected chi connectivity index (χ4v) is 4.76. The SMILES string of the molecule is CCOc1cccc(CNC(=O)c2ccc(C)c(S(=O)(=O)Nc3ccc(C)cc3C)c2)c1. The zero-order valence-corrected chi connectivity index (χ0v) is 19.5. The third-order valence-corrected chi connectivity index (χ3v) is 6.54. The van der Waals surface area contributed by atoms with Gasteiger partial charge in [-0.3, -0.25) is 9.52 Å². The predicted octanol–water partition coefficient (Wildman–Crippen LogP) is 4.74. The van der Waals surface area contributed by atoms with E-state index in [0.717, 1.165) is 22.4 Å². The molecule has 0 saturated carbocycles. The monoisotopic (exact) mass is 452 g/mol. The molecule has 0 aliphatic rings. The van der Waals surface area contributed by atoms with Crippen LogP contribution in [0.2, 0.25) is 0 Å². The Labute approximate surface area is 189 Å². The quantitative estimate of drug-likeness (QED) is 0.517. The van der Waals surface area contributed by atoms with Crippen LogP contribution in [-0.2, 0) is 16.6 Å². The van der Waals surface area contributed by atoms with Crippen molar-refractivity contribution >= 4 is 21.6 Å². The molecule has 6 nitrogen and oxygen atoms in total. The zero-order valence-electron chi connectivity index (χ0n) is 18.7. The van der Waals surface area contributed by atoms with Crippen molar-refractivity contribution in [2.45, 2.75) is 39.1 Å². The maximum Gasteiger partial charge on any atom is 0.262 e. The summed E-state index contributed by atoms with van der Waals surface area (Å²) in [6.45, 7) is 8.28. The number of carbonyl (C=O) groups is 1. The fourth-order valence-electron chi connectivity index (χ4n) is 3.35. The summed E-state index contributed by atoms with van der Waals surface area (Å²) in [5, 5.41) is 2.84. The highest BCUT2D eigenvalue weighted by atomic mass is 32.2. The van der Waals surface area contributed by atoms with Crippen LogP contribution in [0, 0.1) is 20.8 Å². The lowest BCUT2D eigenvalue weighted by molar-refractivity contribution is 0.0950. The van der Waals surface area contributed by atoms with E-state index in [1.165, 1.54) is 6.07 Å². The molecule has 3 rings (SSSR count). The van der Waals surface area contributed by atoms with Gasteiger partial charge in [0.25, 0.3) is 15.9 Å². The number of nitrogens with one attached hydrogen (secondary N) is 2. The average molecular weight is 453 g/mol. The number of carbonyl (C=O) groups excluding carboxylic acids is 1. The summed E-state index contributed by atoms with van der Waals surface area (Å²) in [6, 6.07) is 17.6. The number of amides is 1. The molecule has 0 aliphatic carbocycles. The van der Waals surface area contributed by atoms with Gasteiger partial charge in [0, 0.05) is 12.1 Å². The third kappa shape index (κ3) is 5.68. The van der Waals surface area contributed by atoms with Crippen LogP contribution in [0.4, 0.5) is 5.69 Å². The van der Waals surface area contributed by atoms with E-state index in [-0.39, 0.29) is 16.4 Å². The molecule has 0 bridgehead atoms. The first-order valence-electron chi connectivity index (χ1n) is 10.4. The Hall–Kier alpha value is -3.32. The Morgan fingerprint density at radius 2 is 1.72 bits per heavy atom. The molecule has 0 aromatic heterocycles. The second-order valence-electron chi connectivity index (χ2n) is 7.67. The van der Waals surface area contributed by atoms with E-state index in [2.05, 4.69) is 10.0 Å². The topological polar surface area (TPSA) is 84.5 Å². The van der Waals surface area contributed by atoms with Crippen LogP contribution in [-0.4, -0.2) is 20.9 Å². The summed E-state index contributed by atoms with van der Waals surface area (Å²) < 4.78 is 34.2. The van der Waals surface area contributed by atoms with Crippen LogP contribution < -0.4 is 14.8 Å². The van der Waals surface area contributed by atoms with Gasteiger partial charge in [-0.1, -0.05) is 35.9 Å². The highest BCUT2D eigenvalue weighted by Gasteiger charge is 2.20. The van der Waals surface area contributed by atoms with Crippen LogP contribution in [0.15, 0.2) is 65.6 Å². The molecule has 3 aromatic rings. The van der Waals surface area contributed by atoms with Gasteiger partial charge in [0.1, 0.15) is 5.75 Å². The van der Waals surface area contributed by atoms with Crippen LogP contribution in [0.5, 0.6) is 5.75 Å². The molecule has 0 unspecified atom stereocenters. The van der Waals surface area contributed by atoms with Gasteiger partial charge in [-0.2, -0.15) is 0 Å². The first kappa shape index (κ1) is 23.3. The molecular weight excluding hydrogens is 424 g/mol. The van der Waals surface area contributed by atoms with Crippen molar-refractivity contribution in [3.8, 4) is 5.75 Å². The molecule has 32 heavy (non-hydrogen) atoms. The van der Waals surface area contributed by atoms with E-state index in [1.54, 1.807) is 25.1 Å². The van der Waals surface area contributed by atoms with E-state index in [4.69, 9.17) is 4.74 Å². The minimum absolute atomic E-state index is 0.0727. The number of anilines is 1. The Morgan fingerprint density at radius 3 is 2.44 bits per heavy atom. The molecule has 0 fully saturated rings. The van der Waals surface area contributed by atoms with Crippen LogP contribution in [0.1, 0.15) is 39.5 Å². The summed E-state index contributed by atoms with van der Waals surface area (Å²) in [7, 11) is -3.86. The zero-order chi connectivity index (χ0) is 23.3. The molecule has 0 heterocycles. The van der Waals surface area contributed by atoms with E-state index < -0.39 is 10.0 Å². The Morgan fingerprint density at radius 1 is 0.938 bits per heavy atom. The molecule has 0 radical (unpaired) electrons. The van der Waals surface area contributed by atoms with E-state index in [9.17, 15) is 13.2 Å². The van der Waals surface area contributed by atoms with Crippen LogP contribution in [0.25, 0.3) is 0 Å². The Bertz CT molecular complexity index is 1240. The lowest BCUT2D eigenvalue weighted by Crippen LogP contribution is -2.23. The standard InChI is InChI=1S/C25H28N2O4S/c1-5-31-22-8-6-7-20(14-22)16-26-25(28)21-11-10-18(3)24(15-21)32(29,30)27-23-12-9-17(2)13-19(23)4/h6-15,27H,5,16H2,1-4H3,(H,26,28). The smallest absolute Gasteiger partial charge is 0.262 e. The van der Waals surface area contributed by atoms with Crippen molar-refractivity contribution in [1.29, 1.82) is 0 Å². The summed E-state index contributed by atoms with van der Waals surface area (Å²) in [5.74, 6) is 0.384. The summed E-state index contributed by atoms with van der Waals surface area (Å²) in [5.41, 5.74) is 4.11. The second kappa shape index (κ2) is 9.87. The van der Waals surface area contributed by atoms with E-state index in [1.807, 2.05) is 57.2 Å². The number of hydrogen-bond acceptors (Lipinski definition) is 4. The number of benzene rings is 3. The molecular formula is C25H28N2O4S. The maximum absolute atomic E-state index is 13.1. The molecule has 0 saturated heterocycles. The summed E-state index contributed by atoms with van der Waals surface area (Å²) in [6.07, 6.45) is 0. The highest BCUT2D eigenvalue weighted by molar-refractivity contribution is 7.92. The summed E-state index contributed by atoms with van der Waals surface area (Å²) in [4.78, 5) is 12.8. The summed E-state index contributed by atoms with van der Waals surface area (Å²) >= 11 is 0. The number of rotatable bonds is 8. The van der Waals surface area contributed by atoms with Gasteiger partial charge >= 0.3 is 0 Å². The minimum Gasteiger partial charge on any atom is -0.494 e. The fraction of sp³-hybridized carbons (Fsp3) is 0.240. The maximum atomic E-state index is 13.1. The van der Waals surface area contributed by atoms with Crippen LogP contribution in [0.3, 0.4) is 0 Å². The highest BCUT2D eigenvalue weighted by Crippen LogP contribution is 2.24. The number of hydrogen-bond donors (Lipinski definition) is 2. The third-order valence-electron chi connectivity index (χ3n) is 5.03. The predicted molar refractivity (Wildman–Crippen MR) is 127 cm³/mol.